The number of hydrogen-bond acceptors (Lipinski definition) is 2. The number of para-hydroxylation sites is 2. The standard InChI is InChI=1S/C16H16N2O/c19-16(18-14-7-2-1-3-8-14)13-10-12-6-4-5-9-15(12)17-11-13/h1-9,13,17H,10-11H2,(H,18,19). The summed E-state index contributed by atoms with van der Waals surface area (Å²) in [6.45, 7) is 0.690. The zero-order valence-corrected chi connectivity index (χ0v) is 10.6. The van der Waals surface area contributed by atoms with Crippen LogP contribution in [-0.2, 0) is 11.2 Å². The molecule has 3 nitrogen and oxygen atoms in total. The van der Waals surface area contributed by atoms with Gasteiger partial charge in [0.05, 0.1) is 5.92 Å². The molecule has 3 heteroatoms. The number of benzene rings is 2. The van der Waals surface area contributed by atoms with Crippen LogP contribution in [0.2, 0.25) is 0 Å². The minimum Gasteiger partial charge on any atom is -0.384 e. The molecule has 0 saturated carbocycles. The Kier molecular flexibility index (Phi) is 3.19. The van der Waals surface area contributed by atoms with Crippen molar-refractivity contribution in [3.05, 3.63) is 60.2 Å². The molecule has 0 radical (unpaired) electrons. The molecule has 2 aromatic rings. The quantitative estimate of drug-likeness (QED) is 0.863. The summed E-state index contributed by atoms with van der Waals surface area (Å²) < 4.78 is 0. The highest BCUT2D eigenvalue weighted by atomic mass is 16.1. The second kappa shape index (κ2) is 5.14. The van der Waals surface area contributed by atoms with Gasteiger partial charge in [0.25, 0.3) is 0 Å². The van der Waals surface area contributed by atoms with E-state index in [1.54, 1.807) is 0 Å². The fourth-order valence-corrected chi connectivity index (χ4v) is 2.39. The normalized spacial score (nSPS) is 17.2. The molecule has 0 spiro atoms. The molecule has 0 saturated heterocycles. The predicted octanol–water partition coefficient (Wildman–Crippen LogP) is 2.91. The molecule has 2 aromatic carbocycles. The van der Waals surface area contributed by atoms with Gasteiger partial charge in [0.15, 0.2) is 0 Å². The maximum atomic E-state index is 12.2. The number of anilines is 2. The van der Waals surface area contributed by atoms with E-state index in [-0.39, 0.29) is 11.8 Å². The molecule has 19 heavy (non-hydrogen) atoms. The summed E-state index contributed by atoms with van der Waals surface area (Å²) in [5.74, 6) is 0.0586. The van der Waals surface area contributed by atoms with Crippen molar-refractivity contribution in [2.24, 2.45) is 5.92 Å². The van der Waals surface area contributed by atoms with Gasteiger partial charge in [-0.25, -0.2) is 0 Å². The monoisotopic (exact) mass is 252 g/mol. The van der Waals surface area contributed by atoms with Crippen LogP contribution in [0.4, 0.5) is 11.4 Å². The van der Waals surface area contributed by atoms with E-state index >= 15 is 0 Å². The van der Waals surface area contributed by atoms with Gasteiger partial charge in [-0.1, -0.05) is 36.4 Å². The molecule has 96 valence electrons. The van der Waals surface area contributed by atoms with E-state index in [0.717, 1.165) is 17.8 Å². The highest BCUT2D eigenvalue weighted by molar-refractivity contribution is 5.93. The summed E-state index contributed by atoms with van der Waals surface area (Å²) in [6, 6.07) is 17.7. The smallest absolute Gasteiger partial charge is 0.229 e. The van der Waals surface area contributed by atoms with Crippen LogP contribution >= 0.6 is 0 Å². The highest BCUT2D eigenvalue weighted by Crippen LogP contribution is 2.24. The topological polar surface area (TPSA) is 41.1 Å². The maximum absolute atomic E-state index is 12.2. The molecule has 1 unspecified atom stereocenters. The van der Waals surface area contributed by atoms with Gasteiger partial charge < -0.3 is 10.6 Å². The van der Waals surface area contributed by atoms with Crippen molar-refractivity contribution in [3.63, 3.8) is 0 Å². The summed E-state index contributed by atoms with van der Waals surface area (Å²) in [5, 5.41) is 6.28. The molecular weight excluding hydrogens is 236 g/mol. The Balaban J connectivity index is 1.70. The Labute approximate surface area is 112 Å². The van der Waals surface area contributed by atoms with Gasteiger partial charge in [-0.3, -0.25) is 4.79 Å². The van der Waals surface area contributed by atoms with Crippen LogP contribution < -0.4 is 10.6 Å². The van der Waals surface area contributed by atoms with Gasteiger partial charge in [-0.2, -0.15) is 0 Å². The number of nitrogens with one attached hydrogen (secondary N) is 2. The second-order valence-electron chi connectivity index (χ2n) is 4.79. The first kappa shape index (κ1) is 11.8. The van der Waals surface area contributed by atoms with E-state index in [0.29, 0.717) is 6.54 Å². The molecule has 1 amide bonds. The lowest BCUT2D eigenvalue weighted by Gasteiger charge is -2.25. The molecule has 1 aliphatic heterocycles. The molecule has 0 fully saturated rings. The van der Waals surface area contributed by atoms with Crippen molar-refractivity contribution in [2.75, 3.05) is 17.2 Å². The van der Waals surface area contributed by atoms with E-state index in [2.05, 4.69) is 22.8 Å². The fraction of sp³-hybridized carbons (Fsp3) is 0.188. The van der Waals surface area contributed by atoms with Crippen molar-refractivity contribution >= 4 is 17.3 Å². The Morgan fingerprint density at radius 1 is 1.05 bits per heavy atom. The van der Waals surface area contributed by atoms with E-state index in [4.69, 9.17) is 0 Å². The third-order valence-electron chi connectivity index (χ3n) is 3.43. The third kappa shape index (κ3) is 2.60. The number of amides is 1. The van der Waals surface area contributed by atoms with Crippen LogP contribution in [0.3, 0.4) is 0 Å². The average Bonchev–Trinajstić information content (AvgIpc) is 2.48. The number of rotatable bonds is 2. The van der Waals surface area contributed by atoms with Crippen molar-refractivity contribution in [2.45, 2.75) is 6.42 Å². The van der Waals surface area contributed by atoms with Gasteiger partial charge >= 0.3 is 0 Å². The van der Waals surface area contributed by atoms with Crippen molar-refractivity contribution < 1.29 is 4.79 Å². The third-order valence-corrected chi connectivity index (χ3v) is 3.43. The van der Waals surface area contributed by atoms with E-state index in [1.807, 2.05) is 42.5 Å². The number of carbonyl (C=O) groups is 1. The first-order valence-electron chi connectivity index (χ1n) is 6.50. The summed E-state index contributed by atoms with van der Waals surface area (Å²) >= 11 is 0. The lowest BCUT2D eigenvalue weighted by molar-refractivity contribution is -0.119. The summed E-state index contributed by atoms with van der Waals surface area (Å²) in [4.78, 5) is 12.2. The SMILES string of the molecule is O=C(Nc1ccccc1)C1CNc2ccccc2C1. The van der Waals surface area contributed by atoms with Crippen LogP contribution in [0.1, 0.15) is 5.56 Å². The number of hydrogen-bond donors (Lipinski definition) is 2. The van der Waals surface area contributed by atoms with Crippen LogP contribution in [0, 0.1) is 5.92 Å². The van der Waals surface area contributed by atoms with E-state index in [9.17, 15) is 4.79 Å². The molecule has 1 atom stereocenters. The van der Waals surface area contributed by atoms with Gasteiger partial charge in [0.2, 0.25) is 5.91 Å². The molecule has 0 aliphatic carbocycles. The largest absolute Gasteiger partial charge is 0.384 e. The Bertz CT molecular complexity index is 580. The average molecular weight is 252 g/mol. The first-order valence-corrected chi connectivity index (χ1v) is 6.50. The van der Waals surface area contributed by atoms with Crippen molar-refractivity contribution in [3.8, 4) is 0 Å². The highest BCUT2D eigenvalue weighted by Gasteiger charge is 2.24. The van der Waals surface area contributed by atoms with E-state index in [1.165, 1.54) is 5.56 Å². The molecule has 2 N–H and O–H groups in total. The van der Waals surface area contributed by atoms with E-state index < -0.39 is 0 Å². The summed E-state index contributed by atoms with van der Waals surface area (Å²) in [5.41, 5.74) is 3.21. The zero-order valence-electron chi connectivity index (χ0n) is 10.6. The minimum atomic E-state index is -0.0184. The van der Waals surface area contributed by atoms with Gasteiger partial charge in [-0.15, -0.1) is 0 Å². The lowest BCUT2D eigenvalue weighted by Crippen LogP contribution is -2.33. The van der Waals surface area contributed by atoms with Crippen molar-refractivity contribution in [1.82, 2.24) is 0 Å². The molecule has 1 heterocycles. The van der Waals surface area contributed by atoms with Gasteiger partial charge in [0.1, 0.15) is 0 Å². The summed E-state index contributed by atoms with van der Waals surface area (Å²) in [6.07, 6.45) is 0.793. The Morgan fingerprint density at radius 2 is 1.79 bits per heavy atom. The Hall–Kier alpha value is -2.29. The Morgan fingerprint density at radius 3 is 2.63 bits per heavy atom. The molecule has 3 rings (SSSR count). The van der Waals surface area contributed by atoms with Gasteiger partial charge in [-0.05, 0) is 30.2 Å². The lowest BCUT2D eigenvalue weighted by atomic mass is 9.93. The predicted molar refractivity (Wildman–Crippen MR) is 77.2 cm³/mol. The molecular formula is C16H16N2O. The number of fused-ring (bicyclic) bond motifs is 1. The minimum absolute atomic E-state index is 0.0184. The van der Waals surface area contributed by atoms with Crippen LogP contribution in [0.25, 0.3) is 0 Å². The number of carbonyl (C=O) groups excluding carboxylic acids is 1. The van der Waals surface area contributed by atoms with Crippen LogP contribution in [-0.4, -0.2) is 12.5 Å². The van der Waals surface area contributed by atoms with Gasteiger partial charge in [0, 0.05) is 17.9 Å². The van der Waals surface area contributed by atoms with Crippen LogP contribution in [0.15, 0.2) is 54.6 Å². The molecule has 0 bridgehead atoms. The van der Waals surface area contributed by atoms with Crippen molar-refractivity contribution in [1.29, 1.82) is 0 Å². The second-order valence-corrected chi connectivity index (χ2v) is 4.79. The maximum Gasteiger partial charge on any atom is 0.229 e. The molecule has 1 aliphatic rings. The zero-order chi connectivity index (χ0) is 13.1. The fourth-order valence-electron chi connectivity index (χ4n) is 2.39. The molecule has 0 aromatic heterocycles. The van der Waals surface area contributed by atoms with Crippen LogP contribution in [0.5, 0.6) is 0 Å². The first-order chi connectivity index (χ1) is 9.33. The summed E-state index contributed by atoms with van der Waals surface area (Å²) in [7, 11) is 0.